The van der Waals surface area contributed by atoms with Crippen LogP contribution in [0.2, 0.25) is 0 Å². The van der Waals surface area contributed by atoms with Crippen molar-refractivity contribution in [2.75, 3.05) is 25.0 Å². The van der Waals surface area contributed by atoms with Crippen LogP contribution in [0.1, 0.15) is 41.4 Å². The highest BCUT2D eigenvalue weighted by Gasteiger charge is 2.23. The maximum atomic E-state index is 12.3. The number of carbonyl (C=O) groups is 2. The molecular formula is C21H27N5O3. The zero-order valence-electron chi connectivity index (χ0n) is 16.9. The van der Waals surface area contributed by atoms with E-state index in [1.807, 2.05) is 31.2 Å². The average Bonchev–Trinajstić information content (AvgIpc) is 2.74. The summed E-state index contributed by atoms with van der Waals surface area (Å²) in [6.07, 6.45) is 4.40. The molecule has 0 unspecified atom stereocenters. The maximum Gasteiger partial charge on any atom is 0.409 e. The summed E-state index contributed by atoms with van der Waals surface area (Å²) in [4.78, 5) is 34.3. The van der Waals surface area contributed by atoms with Crippen LogP contribution in [0.5, 0.6) is 0 Å². The second-order valence-corrected chi connectivity index (χ2v) is 7.00. The minimum atomic E-state index is -0.258. The SMILES string of the molecule is CCOC(=O)N1CCC(Nc2cnc(C(=O)NCc3ccccc3C)cn2)CC1. The molecule has 1 aliphatic heterocycles. The van der Waals surface area contributed by atoms with Crippen LogP contribution in [0, 0.1) is 6.92 Å². The summed E-state index contributed by atoms with van der Waals surface area (Å²) in [5.74, 6) is 0.366. The number of aryl methyl sites for hydroxylation is 1. The molecule has 1 fully saturated rings. The van der Waals surface area contributed by atoms with E-state index in [1.165, 1.54) is 6.20 Å². The molecule has 1 aromatic carbocycles. The summed E-state index contributed by atoms with van der Waals surface area (Å²) in [7, 11) is 0. The van der Waals surface area contributed by atoms with Gasteiger partial charge in [-0.3, -0.25) is 4.79 Å². The van der Waals surface area contributed by atoms with Crippen molar-refractivity contribution in [3.63, 3.8) is 0 Å². The molecule has 1 aromatic heterocycles. The Morgan fingerprint density at radius 3 is 2.59 bits per heavy atom. The summed E-state index contributed by atoms with van der Waals surface area (Å²) in [6.45, 7) is 5.94. The molecule has 154 valence electrons. The molecule has 8 nitrogen and oxygen atoms in total. The number of nitrogens with zero attached hydrogens (tertiary/aromatic N) is 3. The highest BCUT2D eigenvalue weighted by Crippen LogP contribution is 2.15. The fraction of sp³-hybridized carbons (Fsp3) is 0.429. The Labute approximate surface area is 170 Å². The molecule has 2 heterocycles. The summed E-state index contributed by atoms with van der Waals surface area (Å²) in [5.41, 5.74) is 2.48. The first kappa shape index (κ1) is 20.6. The Kier molecular flexibility index (Phi) is 6.99. The van der Waals surface area contributed by atoms with E-state index in [1.54, 1.807) is 18.0 Å². The molecule has 0 bridgehead atoms. The van der Waals surface area contributed by atoms with E-state index in [-0.39, 0.29) is 23.7 Å². The van der Waals surface area contributed by atoms with Gasteiger partial charge in [-0.1, -0.05) is 24.3 Å². The topological polar surface area (TPSA) is 96.5 Å². The number of amides is 2. The van der Waals surface area contributed by atoms with Crippen LogP contribution < -0.4 is 10.6 Å². The van der Waals surface area contributed by atoms with Gasteiger partial charge in [-0.25, -0.2) is 14.8 Å². The van der Waals surface area contributed by atoms with Gasteiger partial charge in [0.15, 0.2) is 0 Å². The minimum Gasteiger partial charge on any atom is -0.450 e. The van der Waals surface area contributed by atoms with E-state index in [0.29, 0.717) is 32.1 Å². The average molecular weight is 397 g/mol. The van der Waals surface area contributed by atoms with E-state index in [2.05, 4.69) is 20.6 Å². The normalized spacial score (nSPS) is 14.3. The van der Waals surface area contributed by atoms with Crippen molar-refractivity contribution in [1.29, 1.82) is 0 Å². The third-order valence-corrected chi connectivity index (χ3v) is 4.96. The van der Waals surface area contributed by atoms with Gasteiger partial charge in [0.2, 0.25) is 0 Å². The molecular weight excluding hydrogens is 370 g/mol. The highest BCUT2D eigenvalue weighted by molar-refractivity contribution is 5.92. The molecule has 2 N–H and O–H groups in total. The van der Waals surface area contributed by atoms with Gasteiger partial charge < -0.3 is 20.3 Å². The summed E-state index contributed by atoms with van der Waals surface area (Å²) in [6, 6.07) is 8.13. The van der Waals surface area contributed by atoms with E-state index in [4.69, 9.17) is 4.74 Å². The van der Waals surface area contributed by atoms with Crippen molar-refractivity contribution in [3.8, 4) is 0 Å². The van der Waals surface area contributed by atoms with Crippen molar-refractivity contribution in [2.45, 2.75) is 39.3 Å². The lowest BCUT2D eigenvalue weighted by atomic mass is 10.1. The van der Waals surface area contributed by atoms with E-state index in [0.717, 1.165) is 24.0 Å². The predicted molar refractivity (Wildman–Crippen MR) is 110 cm³/mol. The number of likely N-dealkylation sites (tertiary alicyclic amines) is 1. The first-order chi connectivity index (χ1) is 14.1. The van der Waals surface area contributed by atoms with Crippen LogP contribution in [0.3, 0.4) is 0 Å². The first-order valence-electron chi connectivity index (χ1n) is 9.89. The third kappa shape index (κ3) is 5.66. The predicted octanol–water partition coefficient (Wildman–Crippen LogP) is 2.75. The number of nitrogens with one attached hydrogen (secondary N) is 2. The van der Waals surface area contributed by atoms with Crippen LogP contribution in [0.15, 0.2) is 36.7 Å². The quantitative estimate of drug-likeness (QED) is 0.778. The summed E-state index contributed by atoms with van der Waals surface area (Å²) < 4.78 is 5.03. The molecule has 0 aliphatic carbocycles. The smallest absolute Gasteiger partial charge is 0.409 e. The Morgan fingerprint density at radius 2 is 1.93 bits per heavy atom. The van der Waals surface area contributed by atoms with Crippen LogP contribution in [-0.2, 0) is 11.3 Å². The molecule has 2 amide bonds. The summed E-state index contributed by atoms with van der Waals surface area (Å²) >= 11 is 0. The molecule has 0 spiro atoms. The number of benzene rings is 1. The van der Waals surface area contributed by atoms with Crippen LogP contribution in [-0.4, -0.2) is 52.6 Å². The van der Waals surface area contributed by atoms with Gasteiger partial charge in [0.05, 0.1) is 19.0 Å². The van der Waals surface area contributed by atoms with E-state index in [9.17, 15) is 9.59 Å². The van der Waals surface area contributed by atoms with Gasteiger partial charge in [0.1, 0.15) is 11.5 Å². The highest BCUT2D eigenvalue weighted by atomic mass is 16.6. The number of ether oxygens (including phenoxy) is 1. The number of piperidine rings is 1. The van der Waals surface area contributed by atoms with Gasteiger partial charge in [-0.2, -0.15) is 0 Å². The van der Waals surface area contributed by atoms with Crippen molar-refractivity contribution in [1.82, 2.24) is 20.2 Å². The molecule has 1 aliphatic rings. The monoisotopic (exact) mass is 397 g/mol. The molecule has 1 saturated heterocycles. The molecule has 3 rings (SSSR count). The standard InChI is InChI=1S/C21H27N5O3/c1-3-29-21(28)26-10-8-17(9-11-26)25-19-14-22-18(13-23-19)20(27)24-12-16-7-5-4-6-15(16)2/h4-7,13-14,17H,3,8-12H2,1-2H3,(H,23,25)(H,24,27). The molecule has 29 heavy (non-hydrogen) atoms. The molecule has 2 aromatic rings. The molecule has 0 radical (unpaired) electrons. The number of anilines is 1. The van der Waals surface area contributed by atoms with Crippen molar-refractivity contribution < 1.29 is 14.3 Å². The fourth-order valence-electron chi connectivity index (χ4n) is 3.22. The van der Waals surface area contributed by atoms with Crippen LogP contribution in [0.25, 0.3) is 0 Å². The summed E-state index contributed by atoms with van der Waals surface area (Å²) in [5, 5.41) is 6.19. The Hall–Kier alpha value is -3.16. The van der Waals surface area contributed by atoms with Crippen LogP contribution in [0.4, 0.5) is 10.6 Å². The largest absolute Gasteiger partial charge is 0.450 e. The number of hydrogen-bond acceptors (Lipinski definition) is 6. The van der Waals surface area contributed by atoms with Gasteiger partial charge in [-0.05, 0) is 37.8 Å². The lowest BCUT2D eigenvalue weighted by Gasteiger charge is -2.31. The van der Waals surface area contributed by atoms with E-state index < -0.39 is 0 Å². The molecule has 0 atom stereocenters. The fourth-order valence-corrected chi connectivity index (χ4v) is 3.22. The van der Waals surface area contributed by atoms with Gasteiger partial charge in [0, 0.05) is 25.7 Å². The lowest BCUT2D eigenvalue weighted by Crippen LogP contribution is -2.42. The zero-order chi connectivity index (χ0) is 20.6. The number of carbonyl (C=O) groups excluding carboxylic acids is 2. The number of rotatable bonds is 6. The van der Waals surface area contributed by atoms with Gasteiger partial charge in [0.25, 0.3) is 5.91 Å². The Balaban J connectivity index is 1.47. The van der Waals surface area contributed by atoms with Crippen molar-refractivity contribution in [3.05, 3.63) is 53.5 Å². The number of hydrogen-bond donors (Lipinski definition) is 2. The second-order valence-electron chi connectivity index (χ2n) is 7.00. The maximum absolute atomic E-state index is 12.3. The Morgan fingerprint density at radius 1 is 1.17 bits per heavy atom. The van der Waals surface area contributed by atoms with Crippen LogP contribution >= 0.6 is 0 Å². The molecule has 8 heteroatoms. The van der Waals surface area contributed by atoms with E-state index >= 15 is 0 Å². The van der Waals surface area contributed by atoms with Gasteiger partial charge >= 0.3 is 6.09 Å². The zero-order valence-corrected chi connectivity index (χ0v) is 16.9. The first-order valence-corrected chi connectivity index (χ1v) is 9.89. The molecule has 0 saturated carbocycles. The van der Waals surface area contributed by atoms with Crippen molar-refractivity contribution in [2.24, 2.45) is 0 Å². The Bertz CT molecular complexity index is 832. The minimum absolute atomic E-state index is 0.204. The number of aromatic nitrogens is 2. The second kappa shape index (κ2) is 9.86. The third-order valence-electron chi connectivity index (χ3n) is 4.96. The van der Waals surface area contributed by atoms with Gasteiger partial charge in [-0.15, -0.1) is 0 Å². The van der Waals surface area contributed by atoms with Crippen molar-refractivity contribution >= 4 is 17.8 Å². The lowest BCUT2D eigenvalue weighted by molar-refractivity contribution is 0.0944.